The zero-order chi connectivity index (χ0) is 30.8. The summed E-state index contributed by atoms with van der Waals surface area (Å²) in [6.45, 7) is 4.12. The molecule has 42 heavy (non-hydrogen) atoms. The number of hydrogen-bond donors (Lipinski definition) is 1. The third kappa shape index (κ3) is 31.6. The van der Waals surface area contributed by atoms with E-state index in [1.54, 1.807) is 0 Å². The van der Waals surface area contributed by atoms with E-state index in [0.29, 0.717) is 12.8 Å². The number of unbranched alkanes of at least 4 members (excludes halogenated alkanes) is 23. The van der Waals surface area contributed by atoms with Crippen LogP contribution in [-0.2, 0) is 19.1 Å². The summed E-state index contributed by atoms with van der Waals surface area (Å²) in [4.78, 5) is 24.2. The number of carbonyl (C=O) groups excluding carboxylic acids is 2. The molecule has 0 bridgehead atoms. The van der Waals surface area contributed by atoms with Gasteiger partial charge >= 0.3 is 11.9 Å². The van der Waals surface area contributed by atoms with Gasteiger partial charge in [0, 0.05) is 12.8 Å². The summed E-state index contributed by atoms with van der Waals surface area (Å²) in [5, 5.41) is 9.52. The van der Waals surface area contributed by atoms with Crippen LogP contribution in [0.3, 0.4) is 0 Å². The Kier molecular flexibility index (Phi) is 33.0. The van der Waals surface area contributed by atoms with Gasteiger partial charge in [-0.25, -0.2) is 0 Å². The number of aliphatic hydroxyl groups is 1. The Morgan fingerprint density at radius 3 is 1.31 bits per heavy atom. The highest BCUT2D eigenvalue weighted by Gasteiger charge is 2.16. The Bertz CT molecular complexity index is 603. The van der Waals surface area contributed by atoms with Gasteiger partial charge in [-0.1, -0.05) is 154 Å². The standard InChI is InChI=1S/C37H70O5/c1-3-5-7-9-11-13-15-17-18-20-22-24-26-28-30-32-37(40)42-35(33-38)34-41-36(39)31-29-27-25-23-21-19-16-14-12-10-8-6-4-2/h13,15,35,38H,3-12,14,16-34H2,1-2H3/b15-13+/t35-/m0/s1. The molecule has 0 aromatic carbocycles. The number of ether oxygens (including phenoxy) is 2. The topological polar surface area (TPSA) is 72.8 Å². The van der Waals surface area contributed by atoms with E-state index in [1.807, 2.05) is 0 Å². The van der Waals surface area contributed by atoms with Crippen molar-refractivity contribution in [3.05, 3.63) is 12.2 Å². The molecule has 0 spiro atoms. The second-order valence-electron chi connectivity index (χ2n) is 12.3. The summed E-state index contributed by atoms with van der Waals surface area (Å²) in [5.74, 6) is -0.589. The quantitative estimate of drug-likeness (QED) is 0.0465. The Labute approximate surface area is 261 Å². The molecule has 0 fully saturated rings. The van der Waals surface area contributed by atoms with E-state index in [4.69, 9.17) is 9.47 Å². The van der Waals surface area contributed by atoms with Crippen LogP contribution in [0.4, 0.5) is 0 Å². The van der Waals surface area contributed by atoms with Gasteiger partial charge in [0.25, 0.3) is 0 Å². The molecule has 0 aliphatic heterocycles. The minimum atomic E-state index is -0.765. The van der Waals surface area contributed by atoms with Crippen LogP contribution in [0.1, 0.15) is 194 Å². The molecule has 0 saturated heterocycles. The van der Waals surface area contributed by atoms with Crippen LogP contribution in [0, 0.1) is 0 Å². The fourth-order valence-electron chi connectivity index (χ4n) is 5.25. The summed E-state index contributed by atoms with van der Waals surface area (Å²) in [6.07, 6.45) is 36.9. The van der Waals surface area contributed by atoms with Crippen molar-refractivity contribution in [3.63, 3.8) is 0 Å². The van der Waals surface area contributed by atoms with E-state index in [1.165, 1.54) is 128 Å². The van der Waals surface area contributed by atoms with Gasteiger partial charge in [-0.15, -0.1) is 0 Å². The predicted molar refractivity (Wildman–Crippen MR) is 178 cm³/mol. The molecule has 0 aromatic heterocycles. The molecule has 0 saturated carbocycles. The summed E-state index contributed by atoms with van der Waals surface area (Å²) in [7, 11) is 0. The van der Waals surface area contributed by atoms with Gasteiger partial charge in [-0.3, -0.25) is 9.59 Å². The summed E-state index contributed by atoms with van der Waals surface area (Å²) < 4.78 is 10.6. The fourth-order valence-corrected chi connectivity index (χ4v) is 5.25. The van der Waals surface area contributed by atoms with Crippen molar-refractivity contribution < 1.29 is 24.2 Å². The lowest BCUT2D eigenvalue weighted by atomic mass is 10.0. The van der Waals surface area contributed by atoms with Gasteiger partial charge in [0.1, 0.15) is 6.61 Å². The average Bonchev–Trinajstić information content (AvgIpc) is 2.99. The highest BCUT2D eigenvalue weighted by atomic mass is 16.6. The van der Waals surface area contributed by atoms with Crippen molar-refractivity contribution in [1.82, 2.24) is 0 Å². The third-order valence-corrected chi connectivity index (χ3v) is 8.06. The summed E-state index contributed by atoms with van der Waals surface area (Å²) >= 11 is 0. The van der Waals surface area contributed by atoms with E-state index < -0.39 is 6.10 Å². The van der Waals surface area contributed by atoms with Crippen LogP contribution in [0.25, 0.3) is 0 Å². The lowest BCUT2D eigenvalue weighted by molar-refractivity contribution is -0.161. The molecule has 5 heteroatoms. The molecule has 0 unspecified atom stereocenters. The van der Waals surface area contributed by atoms with E-state index >= 15 is 0 Å². The van der Waals surface area contributed by atoms with Gasteiger partial charge < -0.3 is 14.6 Å². The van der Waals surface area contributed by atoms with E-state index in [2.05, 4.69) is 26.0 Å². The zero-order valence-electron chi connectivity index (χ0n) is 28.0. The van der Waals surface area contributed by atoms with Crippen LogP contribution in [0.15, 0.2) is 12.2 Å². The van der Waals surface area contributed by atoms with Crippen molar-refractivity contribution in [2.45, 2.75) is 200 Å². The highest BCUT2D eigenvalue weighted by Crippen LogP contribution is 2.14. The second kappa shape index (κ2) is 34.1. The first-order valence-electron chi connectivity index (χ1n) is 18.2. The molecule has 0 heterocycles. The third-order valence-electron chi connectivity index (χ3n) is 8.06. The van der Waals surface area contributed by atoms with E-state index in [-0.39, 0.29) is 25.2 Å². The maximum absolute atomic E-state index is 12.1. The molecule has 248 valence electrons. The number of rotatable bonds is 33. The Balaban J connectivity index is 3.54. The van der Waals surface area contributed by atoms with Gasteiger partial charge in [-0.2, -0.15) is 0 Å². The maximum Gasteiger partial charge on any atom is 0.306 e. The molecular weight excluding hydrogens is 524 g/mol. The number of allylic oxidation sites excluding steroid dienone is 2. The smallest absolute Gasteiger partial charge is 0.306 e. The van der Waals surface area contributed by atoms with Crippen LogP contribution < -0.4 is 0 Å². The maximum atomic E-state index is 12.1. The number of hydrogen-bond acceptors (Lipinski definition) is 5. The van der Waals surface area contributed by atoms with Crippen LogP contribution in [0.5, 0.6) is 0 Å². The van der Waals surface area contributed by atoms with Crippen molar-refractivity contribution in [2.24, 2.45) is 0 Å². The van der Waals surface area contributed by atoms with E-state index in [9.17, 15) is 14.7 Å². The first-order chi connectivity index (χ1) is 20.6. The van der Waals surface area contributed by atoms with Crippen molar-refractivity contribution in [3.8, 4) is 0 Å². The fraction of sp³-hybridized carbons (Fsp3) is 0.892. The molecule has 1 atom stereocenters. The second-order valence-corrected chi connectivity index (χ2v) is 12.3. The molecule has 0 aliphatic rings. The van der Waals surface area contributed by atoms with Gasteiger partial charge in [-0.05, 0) is 38.5 Å². The number of aliphatic hydroxyl groups excluding tert-OH is 1. The summed E-state index contributed by atoms with van der Waals surface area (Å²) in [5.41, 5.74) is 0. The zero-order valence-corrected chi connectivity index (χ0v) is 28.0. The van der Waals surface area contributed by atoms with Crippen molar-refractivity contribution in [1.29, 1.82) is 0 Å². The minimum absolute atomic E-state index is 0.0619. The normalized spacial score (nSPS) is 12.2. The van der Waals surface area contributed by atoms with Crippen LogP contribution in [-0.4, -0.2) is 36.4 Å². The molecule has 0 amide bonds. The van der Waals surface area contributed by atoms with E-state index in [0.717, 1.165) is 38.5 Å². The highest BCUT2D eigenvalue weighted by molar-refractivity contribution is 5.70. The SMILES string of the molecule is CCCCCC/C=C/CCCCCCCCCC(=O)O[C@@H](CO)COC(=O)CCCCCCCCCCCCCCC. The molecule has 0 aliphatic carbocycles. The first kappa shape index (κ1) is 40.6. The van der Waals surface area contributed by atoms with Gasteiger partial charge in [0.15, 0.2) is 6.10 Å². The van der Waals surface area contributed by atoms with Crippen LogP contribution in [0.2, 0.25) is 0 Å². The Hall–Kier alpha value is -1.36. The molecule has 5 nitrogen and oxygen atoms in total. The lowest BCUT2D eigenvalue weighted by Gasteiger charge is -2.15. The largest absolute Gasteiger partial charge is 0.462 e. The van der Waals surface area contributed by atoms with Gasteiger partial charge in [0.2, 0.25) is 0 Å². The van der Waals surface area contributed by atoms with Gasteiger partial charge in [0.05, 0.1) is 6.61 Å². The Morgan fingerprint density at radius 2 is 0.881 bits per heavy atom. The lowest BCUT2D eigenvalue weighted by Crippen LogP contribution is -2.28. The first-order valence-corrected chi connectivity index (χ1v) is 18.2. The number of esters is 2. The monoisotopic (exact) mass is 595 g/mol. The predicted octanol–water partition coefficient (Wildman–Crippen LogP) is 11.0. The molecular formula is C37H70O5. The molecule has 1 N–H and O–H groups in total. The molecule has 0 rings (SSSR count). The van der Waals surface area contributed by atoms with Crippen molar-refractivity contribution in [2.75, 3.05) is 13.2 Å². The molecule has 0 aromatic rings. The average molecular weight is 595 g/mol. The number of carbonyl (C=O) groups is 2. The van der Waals surface area contributed by atoms with Crippen molar-refractivity contribution >= 4 is 11.9 Å². The Morgan fingerprint density at radius 1 is 0.524 bits per heavy atom. The summed E-state index contributed by atoms with van der Waals surface area (Å²) in [6, 6.07) is 0. The minimum Gasteiger partial charge on any atom is -0.462 e. The molecule has 0 radical (unpaired) electrons. The van der Waals surface area contributed by atoms with Crippen LogP contribution >= 0.6 is 0 Å².